The highest BCUT2D eigenvalue weighted by Gasteiger charge is 2.03. The molecule has 2 aromatic carbocycles. The van der Waals surface area contributed by atoms with E-state index in [1.54, 1.807) is 44.6 Å². The molecule has 2 N–H and O–H groups in total. The monoisotopic (exact) mass is 299 g/mol. The largest absolute Gasteiger partial charge is 0.497 e. The van der Waals surface area contributed by atoms with Crippen LogP contribution in [0, 0.1) is 0 Å². The molecule has 0 fully saturated rings. The number of rotatable bonds is 5. The number of urea groups is 1. The predicted octanol–water partition coefficient (Wildman–Crippen LogP) is 2.86. The Morgan fingerprint density at radius 3 is 2.55 bits per heavy atom. The van der Waals surface area contributed by atoms with Crippen LogP contribution in [0.15, 0.2) is 53.6 Å². The molecule has 0 radical (unpaired) electrons. The molecule has 0 aliphatic carbocycles. The molecule has 2 amide bonds. The minimum atomic E-state index is -0.421. The number of nitrogens with one attached hydrogen (secondary N) is 2. The SMILES string of the molecule is COc1ccc(/C=N/NC(=O)Nc2ccccc2)c(OC)c1. The molecule has 0 aromatic heterocycles. The molecule has 0 spiro atoms. The molecule has 0 unspecified atom stereocenters. The fourth-order valence-electron chi connectivity index (χ4n) is 1.77. The topological polar surface area (TPSA) is 72.0 Å². The van der Waals surface area contributed by atoms with E-state index in [1.165, 1.54) is 6.21 Å². The summed E-state index contributed by atoms with van der Waals surface area (Å²) in [7, 11) is 3.14. The first kappa shape index (κ1) is 15.4. The van der Waals surface area contributed by atoms with Gasteiger partial charge in [-0.1, -0.05) is 18.2 Å². The molecule has 0 atom stereocenters. The molecule has 0 saturated heterocycles. The molecule has 0 heterocycles. The van der Waals surface area contributed by atoms with E-state index in [-0.39, 0.29) is 0 Å². The van der Waals surface area contributed by atoms with Gasteiger partial charge in [-0.2, -0.15) is 5.10 Å². The lowest BCUT2D eigenvalue weighted by Crippen LogP contribution is -2.24. The van der Waals surface area contributed by atoms with Gasteiger partial charge in [0.05, 0.1) is 20.4 Å². The molecule has 2 aromatic rings. The first-order chi connectivity index (χ1) is 10.7. The van der Waals surface area contributed by atoms with Gasteiger partial charge in [0.2, 0.25) is 0 Å². The van der Waals surface area contributed by atoms with E-state index in [1.807, 2.05) is 18.2 Å². The minimum absolute atomic E-state index is 0.421. The zero-order valence-corrected chi connectivity index (χ0v) is 12.4. The summed E-state index contributed by atoms with van der Waals surface area (Å²) < 4.78 is 10.4. The Kier molecular flexibility index (Phi) is 5.37. The number of methoxy groups -OCH3 is 2. The Labute approximate surface area is 128 Å². The van der Waals surface area contributed by atoms with Crippen LogP contribution in [-0.4, -0.2) is 26.5 Å². The van der Waals surface area contributed by atoms with Crippen LogP contribution in [-0.2, 0) is 0 Å². The van der Waals surface area contributed by atoms with Gasteiger partial charge in [-0.15, -0.1) is 0 Å². The van der Waals surface area contributed by atoms with Crippen molar-refractivity contribution in [1.82, 2.24) is 5.43 Å². The third kappa shape index (κ3) is 4.24. The molecular weight excluding hydrogens is 282 g/mol. The van der Waals surface area contributed by atoms with Crippen molar-refractivity contribution in [3.63, 3.8) is 0 Å². The molecular formula is C16H17N3O3. The number of ether oxygens (including phenoxy) is 2. The maximum atomic E-state index is 11.7. The van der Waals surface area contributed by atoms with Crippen LogP contribution in [0.5, 0.6) is 11.5 Å². The Morgan fingerprint density at radius 1 is 1.09 bits per heavy atom. The van der Waals surface area contributed by atoms with Gasteiger partial charge >= 0.3 is 6.03 Å². The van der Waals surface area contributed by atoms with E-state index >= 15 is 0 Å². The van der Waals surface area contributed by atoms with Gasteiger partial charge in [-0.3, -0.25) is 0 Å². The summed E-state index contributed by atoms with van der Waals surface area (Å²) in [5.74, 6) is 1.29. The number of para-hydroxylation sites is 1. The summed E-state index contributed by atoms with van der Waals surface area (Å²) in [6.07, 6.45) is 1.50. The van der Waals surface area contributed by atoms with E-state index < -0.39 is 6.03 Å². The molecule has 22 heavy (non-hydrogen) atoms. The highest BCUT2D eigenvalue weighted by molar-refractivity contribution is 5.90. The fraction of sp³-hybridized carbons (Fsp3) is 0.125. The van der Waals surface area contributed by atoms with Crippen LogP contribution >= 0.6 is 0 Å². The quantitative estimate of drug-likeness (QED) is 0.658. The van der Waals surface area contributed by atoms with Gasteiger partial charge in [0.25, 0.3) is 0 Å². The highest BCUT2D eigenvalue weighted by Crippen LogP contribution is 2.22. The third-order valence-electron chi connectivity index (χ3n) is 2.84. The summed E-state index contributed by atoms with van der Waals surface area (Å²) in [4.78, 5) is 11.7. The Morgan fingerprint density at radius 2 is 1.86 bits per heavy atom. The molecule has 114 valence electrons. The zero-order chi connectivity index (χ0) is 15.8. The van der Waals surface area contributed by atoms with Gasteiger partial charge < -0.3 is 14.8 Å². The maximum Gasteiger partial charge on any atom is 0.339 e. The standard InChI is InChI=1S/C16H17N3O3/c1-21-14-9-8-12(15(10-14)22-2)11-17-19-16(20)18-13-6-4-3-5-7-13/h3-11H,1-2H3,(H2,18,19,20)/b17-11+. The van der Waals surface area contributed by atoms with Gasteiger partial charge in [-0.05, 0) is 24.3 Å². The summed E-state index contributed by atoms with van der Waals surface area (Å²) in [6.45, 7) is 0. The van der Waals surface area contributed by atoms with Crippen LogP contribution < -0.4 is 20.2 Å². The summed E-state index contributed by atoms with van der Waals surface area (Å²) in [5, 5.41) is 6.55. The van der Waals surface area contributed by atoms with Crippen molar-refractivity contribution in [3.8, 4) is 11.5 Å². The maximum absolute atomic E-state index is 11.7. The number of carbonyl (C=O) groups excluding carboxylic acids is 1. The summed E-state index contributed by atoms with van der Waals surface area (Å²) in [6, 6.07) is 14.0. The number of anilines is 1. The van der Waals surface area contributed by atoms with E-state index in [0.717, 1.165) is 5.56 Å². The second kappa shape index (κ2) is 7.68. The molecule has 6 nitrogen and oxygen atoms in total. The van der Waals surface area contributed by atoms with Crippen molar-refractivity contribution in [3.05, 3.63) is 54.1 Å². The van der Waals surface area contributed by atoms with Gasteiger partial charge in [0, 0.05) is 17.3 Å². The van der Waals surface area contributed by atoms with Gasteiger partial charge in [0.1, 0.15) is 11.5 Å². The van der Waals surface area contributed by atoms with Gasteiger partial charge in [-0.25, -0.2) is 10.2 Å². The molecule has 6 heteroatoms. The second-order valence-electron chi connectivity index (χ2n) is 4.30. The number of hydrogen-bond acceptors (Lipinski definition) is 4. The lowest BCUT2D eigenvalue weighted by Gasteiger charge is -2.07. The van der Waals surface area contributed by atoms with Crippen molar-refractivity contribution in [2.45, 2.75) is 0 Å². The average Bonchev–Trinajstić information content (AvgIpc) is 2.56. The van der Waals surface area contributed by atoms with Gasteiger partial charge in [0.15, 0.2) is 0 Å². The van der Waals surface area contributed by atoms with Crippen molar-refractivity contribution >= 4 is 17.9 Å². The normalized spacial score (nSPS) is 10.3. The summed E-state index contributed by atoms with van der Waals surface area (Å²) in [5.41, 5.74) is 3.81. The smallest absolute Gasteiger partial charge is 0.339 e. The van der Waals surface area contributed by atoms with Crippen LogP contribution in [0.1, 0.15) is 5.56 Å². The lowest BCUT2D eigenvalue weighted by molar-refractivity contribution is 0.252. The van der Waals surface area contributed by atoms with Crippen LogP contribution in [0.4, 0.5) is 10.5 Å². The average molecular weight is 299 g/mol. The van der Waals surface area contributed by atoms with Crippen molar-refractivity contribution < 1.29 is 14.3 Å². The Hall–Kier alpha value is -3.02. The van der Waals surface area contributed by atoms with Crippen LogP contribution in [0.2, 0.25) is 0 Å². The third-order valence-corrected chi connectivity index (χ3v) is 2.84. The van der Waals surface area contributed by atoms with Crippen LogP contribution in [0.25, 0.3) is 0 Å². The molecule has 0 bridgehead atoms. The highest BCUT2D eigenvalue weighted by atomic mass is 16.5. The number of carbonyl (C=O) groups is 1. The van der Waals surface area contributed by atoms with E-state index in [2.05, 4.69) is 15.8 Å². The molecule has 2 rings (SSSR count). The van der Waals surface area contributed by atoms with E-state index in [9.17, 15) is 4.79 Å². The molecule has 0 aliphatic heterocycles. The summed E-state index contributed by atoms with van der Waals surface area (Å²) >= 11 is 0. The van der Waals surface area contributed by atoms with E-state index in [0.29, 0.717) is 17.2 Å². The van der Waals surface area contributed by atoms with Crippen LogP contribution in [0.3, 0.4) is 0 Å². The first-order valence-corrected chi connectivity index (χ1v) is 6.60. The Bertz CT molecular complexity index is 657. The number of amides is 2. The zero-order valence-electron chi connectivity index (χ0n) is 12.4. The molecule has 0 aliphatic rings. The first-order valence-electron chi connectivity index (χ1n) is 6.60. The number of nitrogens with zero attached hydrogens (tertiary/aromatic N) is 1. The Balaban J connectivity index is 1.96. The minimum Gasteiger partial charge on any atom is -0.497 e. The number of hydrogen-bond donors (Lipinski definition) is 2. The van der Waals surface area contributed by atoms with Crippen molar-refractivity contribution in [2.24, 2.45) is 5.10 Å². The van der Waals surface area contributed by atoms with Crippen molar-refractivity contribution in [2.75, 3.05) is 19.5 Å². The number of hydrazone groups is 1. The predicted molar refractivity (Wildman–Crippen MR) is 85.7 cm³/mol. The lowest BCUT2D eigenvalue weighted by atomic mass is 10.2. The fourth-order valence-corrected chi connectivity index (χ4v) is 1.77. The van der Waals surface area contributed by atoms with Crippen molar-refractivity contribution in [1.29, 1.82) is 0 Å². The van der Waals surface area contributed by atoms with E-state index in [4.69, 9.17) is 9.47 Å². The molecule has 0 saturated carbocycles. The second-order valence-corrected chi connectivity index (χ2v) is 4.30. The number of benzene rings is 2.